The Kier molecular flexibility index (Phi) is 4.94. The van der Waals surface area contributed by atoms with Crippen LogP contribution in [0.2, 0.25) is 0 Å². The van der Waals surface area contributed by atoms with Crippen LogP contribution in [0.4, 0.5) is 0 Å². The third-order valence-electron chi connectivity index (χ3n) is 4.09. The van der Waals surface area contributed by atoms with Crippen molar-refractivity contribution in [1.29, 1.82) is 0 Å². The van der Waals surface area contributed by atoms with Gasteiger partial charge in [0.15, 0.2) is 0 Å². The molecule has 2 rings (SSSR count). The average molecular weight is 351 g/mol. The quantitative estimate of drug-likeness (QED) is 0.350. The van der Waals surface area contributed by atoms with Gasteiger partial charge in [0.25, 0.3) is 9.84 Å². The molecule has 1 heterocycles. The SMILES string of the molecule is CC(C)[C@H]1COC(C)(C)N1C(=O)C(=[N+]=[N-])S(=O)(=O)c1ccccc1. The number of ether oxygens (including phenoxy) is 1. The second-order valence-corrected chi connectivity index (χ2v) is 8.33. The summed E-state index contributed by atoms with van der Waals surface area (Å²) in [6.45, 7) is 7.48. The van der Waals surface area contributed by atoms with Crippen LogP contribution >= 0.6 is 0 Å². The van der Waals surface area contributed by atoms with Crippen LogP contribution in [0.3, 0.4) is 0 Å². The molecule has 1 aliphatic heterocycles. The molecule has 130 valence electrons. The van der Waals surface area contributed by atoms with Gasteiger partial charge in [-0.3, -0.25) is 9.69 Å². The van der Waals surface area contributed by atoms with Crippen molar-refractivity contribution in [3.05, 3.63) is 35.9 Å². The summed E-state index contributed by atoms with van der Waals surface area (Å²) in [5.41, 5.74) is 8.28. The van der Waals surface area contributed by atoms with E-state index in [1.165, 1.54) is 29.2 Å². The largest absolute Gasteiger partial charge is 0.473 e. The molecule has 1 fully saturated rings. The van der Waals surface area contributed by atoms with Crippen LogP contribution in [-0.2, 0) is 19.4 Å². The minimum atomic E-state index is -4.23. The van der Waals surface area contributed by atoms with Crippen LogP contribution in [0, 0.1) is 5.92 Å². The molecule has 1 amide bonds. The predicted octanol–water partition coefficient (Wildman–Crippen LogP) is 1.71. The van der Waals surface area contributed by atoms with E-state index in [0.29, 0.717) is 6.61 Å². The van der Waals surface area contributed by atoms with Crippen molar-refractivity contribution in [1.82, 2.24) is 4.90 Å². The van der Waals surface area contributed by atoms with E-state index in [0.717, 1.165) is 0 Å². The number of nitrogens with zero attached hydrogens (tertiary/aromatic N) is 3. The first-order valence-electron chi connectivity index (χ1n) is 7.62. The minimum Gasteiger partial charge on any atom is -0.360 e. The third kappa shape index (κ3) is 3.13. The van der Waals surface area contributed by atoms with Gasteiger partial charge in [0.1, 0.15) is 5.72 Å². The van der Waals surface area contributed by atoms with Crippen LogP contribution in [0.1, 0.15) is 27.7 Å². The molecule has 0 radical (unpaired) electrons. The van der Waals surface area contributed by atoms with Gasteiger partial charge in [-0.15, -0.1) is 4.79 Å². The van der Waals surface area contributed by atoms with Crippen molar-refractivity contribution in [2.75, 3.05) is 6.61 Å². The number of carbonyl (C=O) groups is 1. The van der Waals surface area contributed by atoms with Crippen LogP contribution < -0.4 is 0 Å². The second kappa shape index (κ2) is 6.47. The van der Waals surface area contributed by atoms with Crippen molar-refractivity contribution in [3.63, 3.8) is 0 Å². The Morgan fingerprint density at radius 1 is 1.33 bits per heavy atom. The zero-order chi connectivity index (χ0) is 18.1. The molecular weight excluding hydrogens is 330 g/mol. The maximum atomic E-state index is 12.9. The predicted molar refractivity (Wildman–Crippen MR) is 87.8 cm³/mol. The Labute approximate surface area is 141 Å². The highest BCUT2D eigenvalue weighted by Gasteiger charge is 2.51. The molecule has 1 saturated heterocycles. The van der Waals surface area contributed by atoms with E-state index < -0.39 is 26.5 Å². The summed E-state index contributed by atoms with van der Waals surface area (Å²) < 4.78 is 31.0. The Morgan fingerprint density at radius 3 is 2.42 bits per heavy atom. The van der Waals surface area contributed by atoms with Crippen LogP contribution in [0.15, 0.2) is 35.2 Å². The first-order valence-corrected chi connectivity index (χ1v) is 9.11. The number of benzene rings is 1. The lowest BCUT2D eigenvalue weighted by Crippen LogP contribution is -2.53. The molecule has 1 aliphatic rings. The summed E-state index contributed by atoms with van der Waals surface area (Å²) in [5.74, 6) is -0.822. The topological polar surface area (TPSA) is 100 Å². The highest BCUT2D eigenvalue weighted by molar-refractivity contribution is 8.08. The summed E-state index contributed by atoms with van der Waals surface area (Å²) >= 11 is 0. The lowest BCUT2D eigenvalue weighted by molar-refractivity contribution is -0.143. The molecule has 8 heteroatoms. The zero-order valence-electron chi connectivity index (χ0n) is 14.1. The monoisotopic (exact) mass is 351 g/mol. The van der Waals surface area contributed by atoms with E-state index in [9.17, 15) is 18.7 Å². The molecular formula is C16H21N3O4S. The van der Waals surface area contributed by atoms with Gasteiger partial charge in [-0.1, -0.05) is 32.0 Å². The second-order valence-electron chi connectivity index (χ2n) is 6.47. The molecule has 1 atom stereocenters. The smallest absolute Gasteiger partial charge is 0.360 e. The maximum Gasteiger partial charge on any atom is 0.473 e. The Bertz CT molecular complexity index is 781. The molecule has 0 N–H and O–H groups in total. The molecule has 24 heavy (non-hydrogen) atoms. The first kappa shape index (κ1) is 18.3. The van der Waals surface area contributed by atoms with Crippen LogP contribution in [0.5, 0.6) is 0 Å². The number of sulfone groups is 1. The summed E-state index contributed by atoms with van der Waals surface area (Å²) in [6.07, 6.45) is 0. The van der Waals surface area contributed by atoms with Crippen molar-refractivity contribution < 1.29 is 22.7 Å². The molecule has 7 nitrogen and oxygen atoms in total. The van der Waals surface area contributed by atoms with E-state index in [2.05, 4.69) is 4.79 Å². The van der Waals surface area contributed by atoms with E-state index in [1.807, 2.05) is 13.8 Å². The third-order valence-corrected chi connectivity index (χ3v) is 5.75. The summed E-state index contributed by atoms with van der Waals surface area (Å²) in [7, 11) is -4.23. The van der Waals surface area contributed by atoms with E-state index >= 15 is 0 Å². The molecule has 0 bridgehead atoms. The molecule has 0 aromatic heterocycles. The average Bonchev–Trinajstić information content (AvgIpc) is 2.84. The first-order chi connectivity index (χ1) is 11.1. The lowest BCUT2D eigenvalue weighted by Gasteiger charge is -2.33. The normalized spacial score (nSPS) is 20.0. The van der Waals surface area contributed by atoms with Crippen molar-refractivity contribution in [3.8, 4) is 0 Å². The molecule has 1 aromatic rings. The Balaban J connectivity index is 2.48. The summed E-state index contributed by atoms with van der Waals surface area (Å²) in [5, 5.41) is -0.905. The highest BCUT2D eigenvalue weighted by atomic mass is 32.2. The van der Waals surface area contributed by atoms with E-state index in [1.54, 1.807) is 19.9 Å². The highest BCUT2D eigenvalue weighted by Crippen LogP contribution is 2.32. The Hall–Kier alpha value is -2.02. The molecule has 1 aromatic carbocycles. The van der Waals surface area contributed by atoms with Gasteiger partial charge in [-0.25, -0.2) is 8.42 Å². The number of hydrogen-bond donors (Lipinski definition) is 0. The van der Waals surface area contributed by atoms with E-state index in [-0.39, 0.29) is 16.9 Å². The van der Waals surface area contributed by atoms with Crippen molar-refractivity contribution in [2.45, 2.75) is 44.4 Å². The number of hydrogen-bond acceptors (Lipinski definition) is 4. The van der Waals surface area contributed by atoms with Crippen molar-refractivity contribution >= 4 is 20.8 Å². The van der Waals surface area contributed by atoms with Gasteiger partial charge in [-0.2, -0.15) is 0 Å². The fraction of sp³-hybridized carbons (Fsp3) is 0.500. The molecule has 0 spiro atoms. The minimum absolute atomic E-state index is 0.0510. The fourth-order valence-corrected chi connectivity index (χ4v) is 3.92. The lowest BCUT2D eigenvalue weighted by atomic mass is 10.0. The van der Waals surface area contributed by atoms with Gasteiger partial charge < -0.3 is 10.3 Å². The van der Waals surface area contributed by atoms with Crippen molar-refractivity contribution in [2.24, 2.45) is 5.92 Å². The molecule has 0 saturated carbocycles. The molecule has 0 aliphatic carbocycles. The summed E-state index contributed by atoms with van der Waals surface area (Å²) in [4.78, 5) is 17.0. The number of amides is 1. The van der Waals surface area contributed by atoms with E-state index in [4.69, 9.17) is 4.74 Å². The maximum absolute atomic E-state index is 12.9. The number of rotatable bonds is 2. The zero-order valence-corrected chi connectivity index (χ0v) is 14.9. The van der Waals surface area contributed by atoms with Gasteiger partial charge in [-0.05, 0) is 31.9 Å². The van der Waals surface area contributed by atoms with Gasteiger partial charge >= 0.3 is 11.0 Å². The fourth-order valence-electron chi connectivity index (χ4n) is 2.74. The van der Waals surface area contributed by atoms with Gasteiger partial charge in [0.2, 0.25) is 0 Å². The Morgan fingerprint density at radius 2 is 1.92 bits per heavy atom. The molecule has 0 unspecified atom stereocenters. The van der Waals surface area contributed by atoms with Gasteiger partial charge in [0.05, 0.1) is 17.5 Å². The van der Waals surface area contributed by atoms with Gasteiger partial charge in [0, 0.05) is 0 Å². The van der Waals surface area contributed by atoms with Crippen LogP contribution in [0.25, 0.3) is 5.53 Å². The number of carbonyl (C=O) groups excluding carboxylic acids is 1. The van der Waals surface area contributed by atoms with Crippen LogP contribution in [-0.4, -0.2) is 47.4 Å². The summed E-state index contributed by atoms with van der Waals surface area (Å²) in [6, 6.07) is 7.11. The standard InChI is InChI=1S/C16H21N3O4S/c1-11(2)13-10-23-16(3,4)19(13)15(20)14(18-17)24(21,22)12-8-6-5-7-9-12/h5-9,11,13H,10H2,1-4H3/t13-/m1/s1.